The first-order valence-electron chi connectivity index (χ1n) is 12.5. The third kappa shape index (κ3) is 6.71. The quantitative estimate of drug-likeness (QED) is 0.438. The van der Waals surface area contributed by atoms with Gasteiger partial charge in [0.15, 0.2) is 5.78 Å². The van der Waals surface area contributed by atoms with Crippen molar-refractivity contribution in [2.45, 2.75) is 0 Å². The second-order valence-corrected chi connectivity index (χ2v) is 9.73. The van der Waals surface area contributed by atoms with E-state index in [4.69, 9.17) is 9.47 Å². The van der Waals surface area contributed by atoms with Crippen LogP contribution >= 0.6 is 24.8 Å². The second-order valence-electron chi connectivity index (χ2n) is 9.73. The molecule has 1 aliphatic carbocycles. The van der Waals surface area contributed by atoms with Crippen LogP contribution in [0.25, 0.3) is 11.1 Å². The van der Waals surface area contributed by atoms with Crippen LogP contribution in [0.5, 0.6) is 11.5 Å². The molecule has 2 heterocycles. The number of halogens is 2. The molecule has 0 saturated carbocycles. The molecule has 2 aromatic rings. The summed E-state index contributed by atoms with van der Waals surface area (Å²) in [6, 6.07) is 11.8. The number of ketones is 1. The Morgan fingerprint density at radius 2 is 1.00 bits per heavy atom. The SMILES string of the molecule is CN1CCN(CCOc2ccc3c(c2)C(=O)c2cc(OCCN4CCN(C)CC4)ccc2-3)CC1.Cl.Cl. The van der Waals surface area contributed by atoms with Crippen LogP contribution in [-0.2, 0) is 0 Å². The van der Waals surface area contributed by atoms with Gasteiger partial charge in [0, 0.05) is 76.6 Å². The van der Waals surface area contributed by atoms with Crippen LogP contribution < -0.4 is 9.47 Å². The molecule has 0 aromatic heterocycles. The van der Waals surface area contributed by atoms with Gasteiger partial charge in [0.05, 0.1) is 0 Å². The van der Waals surface area contributed by atoms with Gasteiger partial charge in [-0.3, -0.25) is 14.6 Å². The van der Waals surface area contributed by atoms with Gasteiger partial charge in [0.2, 0.25) is 0 Å². The van der Waals surface area contributed by atoms with E-state index in [0.717, 1.165) is 99.2 Å². The van der Waals surface area contributed by atoms with E-state index in [9.17, 15) is 4.79 Å². The molecule has 2 aromatic carbocycles. The summed E-state index contributed by atoms with van der Waals surface area (Å²) >= 11 is 0. The molecule has 36 heavy (non-hydrogen) atoms. The zero-order valence-corrected chi connectivity index (χ0v) is 22.9. The summed E-state index contributed by atoms with van der Waals surface area (Å²) in [5, 5.41) is 0. The smallest absolute Gasteiger partial charge is 0.194 e. The van der Waals surface area contributed by atoms with Crippen molar-refractivity contribution in [2.24, 2.45) is 0 Å². The third-order valence-electron chi connectivity index (χ3n) is 7.31. The number of nitrogens with zero attached hydrogens (tertiary/aromatic N) is 4. The maximum Gasteiger partial charge on any atom is 0.194 e. The summed E-state index contributed by atoms with van der Waals surface area (Å²) in [7, 11) is 4.33. The average molecular weight is 538 g/mol. The van der Waals surface area contributed by atoms with Crippen molar-refractivity contribution >= 4 is 30.6 Å². The molecule has 5 rings (SSSR count). The lowest BCUT2D eigenvalue weighted by atomic mass is 10.1. The summed E-state index contributed by atoms with van der Waals surface area (Å²) in [4.78, 5) is 22.7. The van der Waals surface area contributed by atoms with Crippen LogP contribution in [0.3, 0.4) is 0 Å². The van der Waals surface area contributed by atoms with E-state index in [1.807, 2.05) is 36.4 Å². The summed E-state index contributed by atoms with van der Waals surface area (Å²) in [5.41, 5.74) is 3.41. The van der Waals surface area contributed by atoms with Gasteiger partial charge in [0.1, 0.15) is 24.7 Å². The summed E-state index contributed by atoms with van der Waals surface area (Å²) in [5.74, 6) is 1.58. The highest BCUT2D eigenvalue weighted by atomic mass is 35.5. The van der Waals surface area contributed by atoms with Gasteiger partial charge in [-0.05, 0) is 61.6 Å². The Labute approximate surface area is 227 Å². The Balaban J connectivity index is 0.00000180. The Morgan fingerprint density at radius 3 is 1.39 bits per heavy atom. The lowest BCUT2D eigenvalue weighted by molar-refractivity contribution is 0.104. The highest BCUT2D eigenvalue weighted by molar-refractivity contribution is 6.22. The van der Waals surface area contributed by atoms with E-state index in [1.165, 1.54) is 0 Å². The fraction of sp³-hybridized carbons (Fsp3) is 0.519. The van der Waals surface area contributed by atoms with E-state index < -0.39 is 0 Å². The minimum absolute atomic E-state index is 0. The first-order chi connectivity index (χ1) is 16.6. The van der Waals surface area contributed by atoms with Gasteiger partial charge in [-0.25, -0.2) is 0 Å². The monoisotopic (exact) mass is 536 g/mol. The standard InChI is InChI=1S/C27H36N4O3.2ClH/c1-28-7-11-30(12-8-28)15-17-33-21-3-5-23-24-6-4-22(20-26(24)27(32)25(23)19-21)34-18-16-31-13-9-29(2)10-14-31;;/h3-6,19-20H,7-18H2,1-2H3;2*1H. The van der Waals surface area contributed by atoms with Crippen molar-refractivity contribution in [3.8, 4) is 22.6 Å². The molecular weight excluding hydrogens is 499 g/mol. The Kier molecular flexibility index (Phi) is 10.4. The summed E-state index contributed by atoms with van der Waals surface area (Å²) in [6.45, 7) is 11.8. The van der Waals surface area contributed by atoms with E-state index >= 15 is 0 Å². The number of hydrogen-bond donors (Lipinski definition) is 0. The zero-order chi connectivity index (χ0) is 23.5. The topological polar surface area (TPSA) is 48.5 Å². The van der Waals surface area contributed by atoms with Crippen molar-refractivity contribution < 1.29 is 14.3 Å². The number of carbonyl (C=O) groups excluding carboxylic acids is 1. The Morgan fingerprint density at radius 1 is 0.611 bits per heavy atom. The number of ether oxygens (including phenoxy) is 2. The number of benzene rings is 2. The van der Waals surface area contributed by atoms with Crippen LogP contribution in [-0.4, -0.2) is 118 Å². The van der Waals surface area contributed by atoms with Crippen LogP contribution in [0.15, 0.2) is 36.4 Å². The number of fused-ring (bicyclic) bond motifs is 3. The molecule has 7 nitrogen and oxygen atoms in total. The van der Waals surface area contributed by atoms with Crippen molar-refractivity contribution in [1.29, 1.82) is 0 Å². The largest absolute Gasteiger partial charge is 0.492 e. The molecule has 2 saturated heterocycles. The predicted octanol–water partition coefficient (Wildman–Crippen LogP) is 2.99. The highest BCUT2D eigenvalue weighted by Crippen LogP contribution is 2.39. The first kappa shape index (κ1) is 28.7. The molecule has 0 bridgehead atoms. The summed E-state index contributed by atoms with van der Waals surface area (Å²) in [6.07, 6.45) is 0. The van der Waals surface area contributed by atoms with Crippen molar-refractivity contribution in [3.63, 3.8) is 0 Å². The lowest BCUT2D eigenvalue weighted by Crippen LogP contribution is -2.45. The summed E-state index contributed by atoms with van der Waals surface area (Å²) < 4.78 is 12.0. The molecule has 0 radical (unpaired) electrons. The molecular formula is C27H38Cl2N4O3. The number of carbonyl (C=O) groups is 1. The second kappa shape index (κ2) is 13.1. The van der Waals surface area contributed by atoms with Crippen LogP contribution in [0, 0.1) is 0 Å². The molecule has 3 aliphatic rings. The van der Waals surface area contributed by atoms with Crippen molar-refractivity contribution in [1.82, 2.24) is 19.6 Å². The zero-order valence-electron chi connectivity index (χ0n) is 21.3. The van der Waals surface area contributed by atoms with Crippen LogP contribution in [0.4, 0.5) is 0 Å². The Bertz CT molecular complexity index is 943. The molecule has 9 heteroatoms. The van der Waals surface area contributed by atoms with E-state index in [-0.39, 0.29) is 30.6 Å². The molecule has 2 fully saturated rings. The van der Waals surface area contributed by atoms with Gasteiger partial charge in [-0.1, -0.05) is 0 Å². The first-order valence-corrected chi connectivity index (χ1v) is 12.5. The van der Waals surface area contributed by atoms with Crippen LogP contribution in [0.2, 0.25) is 0 Å². The number of hydrogen-bond acceptors (Lipinski definition) is 7. The van der Waals surface area contributed by atoms with Gasteiger partial charge in [-0.15, -0.1) is 24.8 Å². The number of rotatable bonds is 8. The predicted molar refractivity (Wildman–Crippen MR) is 149 cm³/mol. The van der Waals surface area contributed by atoms with E-state index in [1.54, 1.807) is 0 Å². The van der Waals surface area contributed by atoms with Gasteiger partial charge in [0.25, 0.3) is 0 Å². The molecule has 0 unspecified atom stereocenters. The maximum atomic E-state index is 13.2. The molecule has 0 atom stereocenters. The molecule has 0 N–H and O–H groups in total. The van der Waals surface area contributed by atoms with Gasteiger partial charge in [-0.2, -0.15) is 0 Å². The van der Waals surface area contributed by atoms with E-state index in [0.29, 0.717) is 13.2 Å². The average Bonchev–Trinajstić information content (AvgIpc) is 3.13. The number of piperazine rings is 2. The van der Waals surface area contributed by atoms with Gasteiger partial charge >= 0.3 is 0 Å². The number of likely N-dealkylation sites (N-methyl/N-ethyl adjacent to an activating group) is 2. The highest BCUT2D eigenvalue weighted by Gasteiger charge is 2.28. The third-order valence-corrected chi connectivity index (χ3v) is 7.31. The minimum atomic E-state index is 0. The molecule has 198 valence electrons. The van der Waals surface area contributed by atoms with Crippen LogP contribution in [0.1, 0.15) is 15.9 Å². The Hall–Kier alpha value is -1.87. The van der Waals surface area contributed by atoms with Gasteiger partial charge < -0.3 is 19.3 Å². The minimum Gasteiger partial charge on any atom is -0.492 e. The van der Waals surface area contributed by atoms with E-state index in [2.05, 4.69) is 33.7 Å². The normalized spacial score (nSPS) is 18.7. The molecule has 2 aliphatic heterocycles. The fourth-order valence-electron chi connectivity index (χ4n) is 4.94. The molecule has 0 spiro atoms. The van der Waals surface area contributed by atoms with Crippen molar-refractivity contribution in [2.75, 3.05) is 92.8 Å². The lowest BCUT2D eigenvalue weighted by Gasteiger charge is -2.32. The fourth-order valence-corrected chi connectivity index (χ4v) is 4.94. The maximum absolute atomic E-state index is 13.2. The van der Waals surface area contributed by atoms with Crippen molar-refractivity contribution in [3.05, 3.63) is 47.5 Å². The molecule has 0 amide bonds.